The summed E-state index contributed by atoms with van der Waals surface area (Å²) in [5.41, 5.74) is 6.20. The van der Waals surface area contributed by atoms with Crippen molar-refractivity contribution in [2.24, 2.45) is 0 Å². The largest absolute Gasteiger partial charge is 0.476 e. The van der Waals surface area contributed by atoms with Crippen LogP contribution in [0.2, 0.25) is 0 Å². The Balaban J connectivity index is 2.61. The maximum absolute atomic E-state index is 5.66. The zero-order valence-electron chi connectivity index (χ0n) is 7.16. The van der Waals surface area contributed by atoms with Gasteiger partial charge in [0.25, 0.3) is 0 Å². The number of hydrogen-bond acceptors (Lipinski definition) is 3. The average molecular weight is 243 g/mol. The zero-order valence-corrected chi connectivity index (χ0v) is 8.75. The number of nitrogen functional groups attached to an aromatic ring is 1. The standard InChI is InChI=1S/C9H11BrN2O/c1-2-3-4-13-9-8(11)5-7(10)6-12-9/h2,5-6H,1,3-4,11H2. The van der Waals surface area contributed by atoms with Crippen molar-refractivity contribution >= 4 is 21.6 Å². The van der Waals surface area contributed by atoms with Gasteiger partial charge in [0.15, 0.2) is 0 Å². The molecular weight excluding hydrogens is 232 g/mol. The quantitative estimate of drug-likeness (QED) is 0.652. The van der Waals surface area contributed by atoms with Crippen molar-refractivity contribution in [2.45, 2.75) is 6.42 Å². The van der Waals surface area contributed by atoms with Gasteiger partial charge in [-0.1, -0.05) is 6.08 Å². The van der Waals surface area contributed by atoms with Gasteiger partial charge in [0.1, 0.15) is 0 Å². The Labute approximate surface area is 85.7 Å². The van der Waals surface area contributed by atoms with Crippen molar-refractivity contribution in [3.63, 3.8) is 0 Å². The Bertz CT molecular complexity index is 302. The average Bonchev–Trinajstić information content (AvgIpc) is 2.09. The van der Waals surface area contributed by atoms with E-state index in [9.17, 15) is 0 Å². The highest BCUT2D eigenvalue weighted by molar-refractivity contribution is 9.10. The summed E-state index contributed by atoms with van der Waals surface area (Å²) in [7, 11) is 0. The van der Waals surface area contributed by atoms with Crippen LogP contribution >= 0.6 is 15.9 Å². The van der Waals surface area contributed by atoms with Crippen molar-refractivity contribution in [1.82, 2.24) is 4.98 Å². The van der Waals surface area contributed by atoms with E-state index in [1.807, 2.05) is 0 Å². The van der Waals surface area contributed by atoms with Gasteiger partial charge >= 0.3 is 0 Å². The lowest BCUT2D eigenvalue weighted by Crippen LogP contribution is -2.01. The molecule has 1 rings (SSSR count). The molecule has 4 heteroatoms. The summed E-state index contributed by atoms with van der Waals surface area (Å²) < 4.78 is 6.15. The number of rotatable bonds is 4. The maximum atomic E-state index is 5.66. The highest BCUT2D eigenvalue weighted by Crippen LogP contribution is 2.21. The Hall–Kier alpha value is -1.03. The summed E-state index contributed by atoms with van der Waals surface area (Å²) >= 11 is 3.26. The summed E-state index contributed by atoms with van der Waals surface area (Å²) in [6.07, 6.45) is 4.23. The van der Waals surface area contributed by atoms with Crippen molar-refractivity contribution in [2.75, 3.05) is 12.3 Å². The molecule has 1 heterocycles. The van der Waals surface area contributed by atoms with Crippen molar-refractivity contribution < 1.29 is 4.74 Å². The van der Waals surface area contributed by atoms with Gasteiger partial charge in [-0.3, -0.25) is 0 Å². The Morgan fingerprint density at radius 3 is 3.08 bits per heavy atom. The van der Waals surface area contributed by atoms with Crippen LogP contribution in [-0.2, 0) is 0 Å². The summed E-state index contributed by atoms with van der Waals surface area (Å²) in [5, 5.41) is 0. The van der Waals surface area contributed by atoms with Gasteiger partial charge in [0.2, 0.25) is 5.88 Å². The fourth-order valence-electron chi connectivity index (χ4n) is 0.802. The lowest BCUT2D eigenvalue weighted by atomic mass is 10.4. The number of nitrogens with zero attached hydrogens (tertiary/aromatic N) is 1. The van der Waals surface area contributed by atoms with Crippen LogP contribution in [0.4, 0.5) is 5.69 Å². The fraction of sp³-hybridized carbons (Fsp3) is 0.222. The first-order valence-corrected chi connectivity index (χ1v) is 4.68. The van der Waals surface area contributed by atoms with E-state index in [2.05, 4.69) is 27.5 Å². The molecule has 0 bridgehead atoms. The molecule has 13 heavy (non-hydrogen) atoms. The van der Waals surface area contributed by atoms with E-state index < -0.39 is 0 Å². The van der Waals surface area contributed by atoms with Gasteiger partial charge in [0, 0.05) is 10.7 Å². The first-order valence-electron chi connectivity index (χ1n) is 3.88. The molecule has 0 spiro atoms. The Morgan fingerprint density at radius 1 is 1.69 bits per heavy atom. The highest BCUT2D eigenvalue weighted by atomic mass is 79.9. The topological polar surface area (TPSA) is 48.1 Å². The van der Waals surface area contributed by atoms with Gasteiger partial charge in [-0.05, 0) is 28.4 Å². The molecule has 0 atom stereocenters. The molecule has 0 radical (unpaired) electrons. The van der Waals surface area contributed by atoms with E-state index in [0.29, 0.717) is 18.2 Å². The minimum absolute atomic E-state index is 0.477. The minimum atomic E-state index is 0.477. The summed E-state index contributed by atoms with van der Waals surface area (Å²) in [4.78, 5) is 4.02. The summed E-state index contributed by atoms with van der Waals surface area (Å²) in [5.74, 6) is 0.477. The first-order chi connectivity index (χ1) is 6.24. The molecule has 1 aromatic heterocycles. The van der Waals surface area contributed by atoms with Gasteiger partial charge in [0.05, 0.1) is 12.3 Å². The van der Waals surface area contributed by atoms with Crippen LogP contribution in [-0.4, -0.2) is 11.6 Å². The molecular formula is C9H11BrN2O. The van der Waals surface area contributed by atoms with E-state index in [-0.39, 0.29) is 0 Å². The third-order valence-electron chi connectivity index (χ3n) is 1.41. The molecule has 3 nitrogen and oxygen atoms in total. The van der Waals surface area contributed by atoms with Gasteiger partial charge in [-0.2, -0.15) is 0 Å². The van der Waals surface area contributed by atoms with E-state index in [4.69, 9.17) is 10.5 Å². The Kier molecular flexibility index (Phi) is 3.76. The monoisotopic (exact) mass is 242 g/mol. The third-order valence-corrected chi connectivity index (χ3v) is 1.84. The molecule has 70 valence electrons. The number of nitrogens with two attached hydrogens (primary N) is 1. The van der Waals surface area contributed by atoms with Crippen molar-refractivity contribution in [3.8, 4) is 5.88 Å². The van der Waals surface area contributed by atoms with Crippen molar-refractivity contribution in [3.05, 3.63) is 29.4 Å². The number of aromatic nitrogens is 1. The van der Waals surface area contributed by atoms with Crippen LogP contribution in [0, 0.1) is 0 Å². The second-order valence-electron chi connectivity index (χ2n) is 2.47. The number of ether oxygens (including phenoxy) is 1. The Morgan fingerprint density at radius 2 is 2.46 bits per heavy atom. The normalized spacial score (nSPS) is 9.62. The number of hydrogen-bond donors (Lipinski definition) is 1. The lowest BCUT2D eigenvalue weighted by Gasteiger charge is -2.05. The number of anilines is 1. The molecule has 0 aliphatic heterocycles. The molecule has 0 aliphatic carbocycles. The van der Waals surface area contributed by atoms with E-state index in [1.54, 1.807) is 18.3 Å². The SMILES string of the molecule is C=CCCOc1ncc(Br)cc1N. The molecule has 0 amide bonds. The van der Waals surface area contributed by atoms with Gasteiger partial charge < -0.3 is 10.5 Å². The molecule has 1 aromatic rings. The molecule has 0 fully saturated rings. The molecule has 0 saturated heterocycles. The van der Waals surface area contributed by atoms with Crippen LogP contribution in [0.15, 0.2) is 29.4 Å². The van der Waals surface area contributed by atoms with Crippen LogP contribution < -0.4 is 10.5 Å². The van der Waals surface area contributed by atoms with Gasteiger partial charge in [-0.25, -0.2) is 4.98 Å². The van der Waals surface area contributed by atoms with Gasteiger partial charge in [-0.15, -0.1) is 6.58 Å². The van der Waals surface area contributed by atoms with E-state index in [0.717, 1.165) is 10.9 Å². The predicted octanol–water partition coefficient (Wildman–Crippen LogP) is 2.38. The zero-order chi connectivity index (χ0) is 9.68. The smallest absolute Gasteiger partial charge is 0.237 e. The molecule has 2 N–H and O–H groups in total. The highest BCUT2D eigenvalue weighted by Gasteiger charge is 2.01. The van der Waals surface area contributed by atoms with Crippen molar-refractivity contribution in [1.29, 1.82) is 0 Å². The van der Waals surface area contributed by atoms with E-state index >= 15 is 0 Å². The van der Waals surface area contributed by atoms with E-state index in [1.165, 1.54) is 0 Å². The molecule has 0 saturated carbocycles. The summed E-state index contributed by atoms with van der Waals surface area (Å²) in [6, 6.07) is 1.76. The number of halogens is 1. The first kappa shape index (κ1) is 10.1. The lowest BCUT2D eigenvalue weighted by molar-refractivity contribution is 0.314. The number of pyridine rings is 1. The molecule has 0 unspecified atom stereocenters. The van der Waals surface area contributed by atoms with Crippen LogP contribution in [0.3, 0.4) is 0 Å². The summed E-state index contributed by atoms with van der Waals surface area (Å²) in [6.45, 7) is 4.15. The molecule has 0 aliphatic rings. The fourth-order valence-corrected chi connectivity index (χ4v) is 1.15. The molecule has 0 aromatic carbocycles. The second kappa shape index (κ2) is 4.87. The van der Waals surface area contributed by atoms with Crippen LogP contribution in [0.25, 0.3) is 0 Å². The third kappa shape index (κ3) is 3.06. The maximum Gasteiger partial charge on any atom is 0.237 e. The van der Waals surface area contributed by atoms with Crippen LogP contribution in [0.1, 0.15) is 6.42 Å². The second-order valence-corrected chi connectivity index (χ2v) is 3.39. The predicted molar refractivity (Wildman–Crippen MR) is 56.7 cm³/mol. The van der Waals surface area contributed by atoms with Crippen LogP contribution in [0.5, 0.6) is 5.88 Å². The minimum Gasteiger partial charge on any atom is -0.476 e.